The van der Waals surface area contributed by atoms with Gasteiger partial charge in [-0.05, 0) is 45.7 Å². The summed E-state index contributed by atoms with van der Waals surface area (Å²) in [4.78, 5) is 6.92. The second kappa shape index (κ2) is 6.55. The number of hydrogen-bond donors (Lipinski definition) is 1. The van der Waals surface area contributed by atoms with E-state index in [0.29, 0.717) is 6.10 Å². The van der Waals surface area contributed by atoms with Crippen LogP contribution in [0, 0.1) is 0 Å². The molecule has 0 amide bonds. The zero-order chi connectivity index (χ0) is 14.6. The monoisotopic (exact) mass is 277 g/mol. The molecule has 1 fully saturated rings. The Morgan fingerprint density at radius 2 is 2.20 bits per heavy atom. The van der Waals surface area contributed by atoms with Crippen LogP contribution in [0.3, 0.4) is 0 Å². The maximum atomic E-state index is 5.69. The van der Waals surface area contributed by atoms with Gasteiger partial charge in [-0.2, -0.15) is 0 Å². The van der Waals surface area contributed by atoms with Crippen molar-refractivity contribution in [3.8, 4) is 0 Å². The molecule has 2 rings (SSSR count). The minimum atomic E-state index is 0.112. The average molecular weight is 277 g/mol. The van der Waals surface area contributed by atoms with Crippen molar-refractivity contribution >= 4 is 5.82 Å². The summed E-state index contributed by atoms with van der Waals surface area (Å²) in [5, 5.41) is 3.47. The van der Waals surface area contributed by atoms with E-state index in [2.05, 4.69) is 56.2 Å². The van der Waals surface area contributed by atoms with Crippen LogP contribution >= 0.6 is 0 Å². The third-order valence-electron chi connectivity index (χ3n) is 3.48. The molecule has 0 spiro atoms. The first-order chi connectivity index (χ1) is 9.44. The van der Waals surface area contributed by atoms with Crippen molar-refractivity contribution in [1.29, 1.82) is 0 Å². The molecule has 1 aromatic rings. The molecule has 0 bridgehead atoms. The lowest BCUT2D eigenvalue weighted by molar-refractivity contribution is 0.116. The van der Waals surface area contributed by atoms with Gasteiger partial charge in [0.2, 0.25) is 0 Å². The zero-order valence-corrected chi connectivity index (χ0v) is 13.1. The summed E-state index contributed by atoms with van der Waals surface area (Å²) in [5.74, 6) is 1.02. The number of pyridine rings is 1. The lowest BCUT2D eigenvalue weighted by atomic mass is 10.1. The number of nitrogens with zero attached hydrogens (tertiary/aromatic N) is 2. The van der Waals surface area contributed by atoms with Crippen LogP contribution in [0.2, 0.25) is 0 Å². The number of rotatable bonds is 5. The Bertz CT molecular complexity index is 422. The van der Waals surface area contributed by atoms with Gasteiger partial charge in [0, 0.05) is 32.3 Å². The van der Waals surface area contributed by atoms with Gasteiger partial charge in [-0.25, -0.2) is 4.98 Å². The molecule has 0 saturated carbocycles. The molecule has 112 valence electrons. The molecule has 4 heteroatoms. The van der Waals surface area contributed by atoms with E-state index >= 15 is 0 Å². The fourth-order valence-electron chi connectivity index (χ4n) is 2.32. The highest BCUT2D eigenvalue weighted by Gasteiger charge is 2.18. The predicted molar refractivity (Wildman–Crippen MR) is 83.1 cm³/mol. The van der Waals surface area contributed by atoms with E-state index in [1.165, 1.54) is 6.42 Å². The maximum Gasteiger partial charge on any atom is 0.128 e. The van der Waals surface area contributed by atoms with Gasteiger partial charge in [-0.3, -0.25) is 0 Å². The molecule has 1 saturated heterocycles. The van der Waals surface area contributed by atoms with E-state index in [1.807, 2.05) is 0 Å². The number of anilines is 1. The SMILES string of the molecule is CN(CC1CCCO1)c1cccc(CNC(C)(C)C)n1. The summed E-state index contributed by atoms with van der Waals surface area (Å²) in [7, 11) is 2.09. The summed E-state index contributed by atoms with van der Waals surface area (Å²) in [6.07, 6.45) is 2.70. The Morgan fingerprint density at radius 3 is 2.85 bits per heavy atom. The van der Waals surface area contributed by atoms with Crippen molar-refractivity contribution in [3.63, 3.8) is 0 Å². The number of ether oxygens (including phenoxy) is 1. The molecule has 1 aliphatic rings. The van der Waals surface area contributed by atoms with Gasteiger partial charge in [0.25, 0.3) is 0 Å². The standard InChI is InChI=1S/C16H27N3O/c1-16(2,3)17-11-13-7-5-9-15(18-13)19(4)12-14-8-6-10-20-14/h5,7,9,14,17H,6,8,10-12H2,1-4H3. The fourth-order valence-corrected chi connectivity index (χ4v) is 2.32. The Balaban J connectivity index is 1.93. The van der Waals surface area contributed by atoms with Gasteiger partial charge in [0.05, 0.1) is 11.8 Å². The van der Waals surface area contributed by atoms with Crippen LogP contribution in [-0.4, -0.2) is 36.8 Å². The Kier molecular flexibility index (Phi) is 5.00. The smallest absolute Gasteiger partial charge is 0.128 e. The summed E-state index contributed by atoms with van der Waals surface area (Å²) >= 11 is 0. The summed E-state index contributed by atoms with van der Waals surface area (Å²) < 4.78 is 5.69. The van der Waals surface area contributed by atoms with Crippen LogP contribution < -0.4 is 10.2 Å². The molecular formula is C16H27N3O. The molecule has 0 aliphatic carbocycles. The van der Waals surface area contributed by atoms with Crippen LogP contribution in [0.15, 0.2) is 18.2 Å². The number of nitrogens with one attached hydrogen (secondary N) is 1. The third-order valence-corrected chi connectivity index (χ3v) is 3.48. The predicted octanol–water partition coefficient (Wildman–Crippen LogP) is 2.58. The molecule has 1 unspecified atom stereocenters. The van der Waals surface area contributed by atoms with Crippen molar-refractivity contribution in [1.82, 2.24) is 10.3 Å². The maximum absolute atomic E-state index is 5.69. The van der Waals surface area contributed by atoms with Crippen molar-refractivity contribution < 1.29 is 4.74 Å². The number of likely N-dealkylation sites (N-methyl/N-ethyl adjacent to an activating group) is 1. The first-order valence-electron chi connectivity index (χ1n) is 7.48. The largest absolute Gasteiger partial charge is 0.376 e. The van der Waals surface area contributed by atoms with Gasteiger partial charge in [0.15, 0.2) is 0 Å². The first kappa shape index (κ1) is 15.3. The lowest BCUT2D eigenvalue weighted by Crippen LogP contribution is -2.35. The third kappa shape index (κ3) is 4.76. The van der Waals surface area contributed by atoms with Gasteiger partial charge < -0.3 is 15.0 Å². The van der Waals surface area contributed by atoms with Crippen molar-refractivity contribution in [3.05, 3.63) is 23.9 Å². The molecule has 2 heterocycles. The quantitative estimate of drug-likeness (QED) is 0.897. The van der Waals surface area contributed by atoms with E-state index < -0.39 is 0 Å². The molecule has 4 nitrogen and oxygen atoms in total. The van der Waals surface area contributed by atoms with Crippen LogP contribution in [0.1, 0.15) is 39.3 Å². The summed E-state index contributed by atoms with van der Waals surface area (Å²) in [6, 6.07) is 6.21. The number of hydrogen-bond acceptors (Lipinski definition) is 4. The van der Waals surface area contributed by atoms with Crippen molar-refractivity contribution in [2.24, 2.45) is 0 Å². The van der Waals surface area contributed by atoms with E-state index in [1.54, 1.807) is 0 Å². The Labute approximate surface area is 122 Å². The lowest BCUT2D eigenvalue weighted by Gasteiger charge is -2.23. The molecule has 1 N–H and O–H groups in total. The highest BCUT2D eigenvalue weighted by molar-refractivity contribution is 5.38. The minimum Gasteiger partial charge on any atom is -0.376 e. The van der Waals surface area contributed by atoms with Crippen LogP contribution in [-0.2, 0) is 11.3 Å². The molecule has 1 aliphatic heterocycles. The zero-order valence-electron chi connectivity index (χ0n) is 13.1. The molecular weight excluding hydrogens is 250 g/mol. The first-order valence-corrected chi connectivity index (χ1v) is 7.48. The Morgan fingerprint density at radius 1 is 1.40 bits per heavy atom. The van der Waals surface area contributed by atoms with E-state index in [9.17, 15) is 0 Å². The van der Waals surface area contributed by atoms with Crippen molar-refractivity contribution in [2.75, 3.05) is 25.1 Å². The van der Waals surface area contributed by atoms with Gasteiger partial charge in [0.1, 0.15) is 5.82 Å². The van der Waals surface area contributed by atoms with E-state index in [0.717, 1.165) is 37.6 Å². The highest BCUT2D eigenvalue weighted by atomic mass is 16.5. The van der Waals surface area contributed by atoms with Gasteiger partial charge >= 0.3 is 0 Å². The number of aromatic nitrogens is 1. The average Bonchev–Trinajstić information content (AvgIpc) is 2.89. The fraction of sp³-hybridized carbons (Fsp3) is 0.688. The molecule has 20 heavy (non-hydrogen) atoms. The van der Waals surface area contributed by atoms with Crippen LogP contribution in [0.5, 0.6) is 0 Å². The molecule has 1 aromatic heterocycles. The topological polar surface area (TPSA) is 37.4 Å². The second-order valence-electron chi connectivity index (χ2n) is 6.61. The van der Waals surface area contributed by atoms with Crippen LogP contribution in [0.25, 0.3) is 0 Å². The summed E-state index contributed by atoms with van der Waals surface area (Å²) in [5.41, 5.74) is 1.19. The van der Waals surface area contributed by atoms with E-state index in [4.69, 9.17) is 9.72 Å². The normalized spacial score (nSPS) is 19.3. The minimum absolute atomic E-state index is 0.112. The Hall–Kier alpha value is -1.13. The highest BCUT2D eigenvalue weighted by Crippen LogP contribution is 2.16. The van der Waals surface area contributed by atoms with Gasteiger partial charge in [-0.15, -0.1) is 0 Å². The second-order valence-corrected chi connectivity index (χ2v) is 6.61. The molecule has 0 aromatic carbocycles. The summed E-state index contributed by atoms with van der Waals surface area (Å²) in [6.45, 7) is 9.12. The van der Waals surface area contributed by atoms with E-state index in [-0.39, 0.29) is 5.54 Å². The van der Waals surface area contributed by atoms with Crippen molar-refractivity contribution in [2.45, 2.75) is 51.8 Å². The molecule has 0 radical (unpaired) electrons. The molecule has 1 atom stereocenters. The van der Waals surface area contributed by atoms with Crippen LogP contribution in [0.4, 0.5) is 5.82 Å². The van der Waals surface area contributed by atoms with Gasteiger partial charge in [-0.1, -0.05) is 6.07 Å².